The van der Waals surface area contributed by atoms with Crippen molar-refractivity contribution in [1.29, 1.82) is 0 Å². The molecule has 0 saturated heterocycles. The van der Waals surface area contributed by atoms with Gasteiger partial charge < -0.3 is 5.32 Å². The average molecular weight is 318 g/mol. The van der Waals surface area contributed by atoms with Crippen molar-refractivity contribution in [2.24, 2.45) is 0 Å². The highest BCUT2D eigenvalue weighted by atomic mass is 35.5. The zero-order chi connectivity index (χ0) is 14.5. The van der Waals surface area contributed by atoms with Crippen LogP contribution in [0, 0.1) is 0 Å². The minimum atomic E-state index is 0.340. The number of thioether (sulfide) groups is 1. The quantitative estimate of drug-likeness (QED) is 0.797. The topological polar surface area (TPSA) is 12.0 Å². The second-order valence-electron chi connectivity index (χ2n) is 5.49. The number of rotatable bonds is 6. The number of benzene rings is 2. The first-order valence-corrected chi connectivity index (χ1v) is 8.94. The number of alkyl halides is 1. The normalized spacial score (nSPS) is 18.4. The molecule has 0 spiro atoms. The molecule has 3 heteroatoms. The molecule has 3 rings (SSSR count). The van der Waals surface area contributed by atoms with Gasteiger partial charge in [0.1, 0.15) is 0 Å². The fourth-order valence-electron chi connectivity index (χ4n) is 2.79. The van der Waals surface area contributed by atoms with Gasteiger partial charge in [0, 0.05) is 35.0 Å². The van der Waals surface area contributed by atoms with E-state index in [1.165, 1.54) is 21.8 Å². The third-order valence-electron chi connectivity index (χ3n) is 3.96. The Balaban J connectivity index is 1.57. The van der Waals surface area contributed by atoms with Crippen LogP contribution in [0.2, 0.25) is 0 Å². The first kappa shape index (κ1) is 15.0. The van der Waals surface area contributed by atoms with Crippen LogP contribution < -0.4 is 5.32 Å². The highest BCUT2D eigenvalue weighted by molar-refractivity contribution is 7.99. The molecule has 1 aliphatic heterocycles. The largest absolute Gasteiger partial charge is 0.312 e. The van der Waals surface area contributed by atoms with Crippen molar-refractivity contribution < 1.29 is 0 Å². The van der Waals surface area contributed by atoms with Gasteiger partial charge in [0.25, 0.3) is 0 Å². The maximum atomic E-state index is 6.14. The van der Waals surface area contributed by atoms with Crippen molar-refractivity contribution in [1.82, 2.24) is 5.32 Å². The summed E-state index contributed by atoms with van der Waals surface area (Å²) in [6.07, 6.45) is 0.992. The van der Waals surface area contributed by atoms with Gasteiger partial charge >= 0.3 is 0 Å². The molecule has 0 aliphatic carbocycles. The van der Waals surface area contributed by atoms with Crippen LogP contribution >= 0.6 is 23.4 Å². The third kappa shape index (κ3) is 3.82. The van der Waals surface area contributed by atoms with Gasteiger partial charge in [-0.3, -0.25) is 0 Å². The molecule has 1 heterocycles. The average Bonchev–Trinajstić information content (AvgIpc) is 2.96. The Bertz CT molecular complexity index is 572. The zero-order valence-electron chi connectivity index (χ0n) is 12.0. The van der Waals surface area contributed by atoms with Gasteiger partial charge in [0.05, 0.1) is 0 Å². The van der Waals surface area contributed by atoms with E-state index in [0.29, 0.717) is 17.8 Å². The second-order valence-corrected chi connectivity index (χ2v) is 6.87. The smallest absolute Gasteiger partial charge is 0.0380 e. The number of halogens is 1. The predicted molar refractivity (Wildman–Crippen MR) is 92.6 cm³/mol. The molecule has 0 saturated carbocycles. The molecule has 0 fully saturated rings. The molecule has 0 aromatic heterocycles. The lowest BCUT2D eigenvalue weighted by Gasteiger charge is -2.19. The van der Waals surface area contributed by atoms with E-state index in [9.17, 15) is 0 Å². The SMILES string of the molecule is ClCC(Cc1ccccc1)NCC1CSc2ccccc21. The molecule has 110 valence electrons. The number of nitrogens with one attached hydrogen (secondary N) is 1. The Morgan fingerprint density at radius 3 is 2.67 bits per heavy atom. The van der Waals surface area contributed by atoms with Gasteiger partial charge in [-0.15, -0.1) is 23.4 Å². The standard InChI is InChI=1S/C18H20ClNS/c19-11-16(10-14-6-2-1-3-7-14)20-12-15-13-21-18-9-5-4-8-17(15)18/h1-9,15-16,20H,10-13H2. The van der Waals surface area contributed by atoms with Gasteiger partial charge in [-0.25, -0.2) is 0 Å². The summed E-state index contributed by atoms with van der Waals surface area (Å²) in [7, 11) is 0. The van der Waals surface area contributed by atoms with E-state index in [-0.39, 0.29) is 0 Å². The predicted octanol–water partition coefficient (Wildman–Crippen LogP) is 4.32. The van der Waals surface area contributed by atoms with Crippen molar-refractivity contribution in [2.75, 3.05) is 18.2 Å². The van der Waals surface area contributed by atoms with E-state index in [2.05, 4.69) is 59.9 Å². The fourth-order valence-corrected chi connectivity index (χ4v) is 4.26. The number of fused-ring (bicyclic) bond motifs is 1. The van der Waals surface area contributed by atoms with Gasteiger partial charge in [-0.2, -0.15) is 0 Å². The molecule has 1 N–H and O–H groups in total. The Morgan fingerprint density at radius 2 is 1.86 bits per heavy atom. The molecule has 0 bridgehead atoms. The van der Waals surface area contributed by atoms with Gasteiger partial charge in [0.2, 0.25) is 0 Å². The molecule has 2 aromatic carbocycles. The van der Waals surface area contributed by atoms with Crippen molar-refractivity contribution in [3.63, 3.8) is 0 Å². The first-order chi connectivity index (χ1) is 10.4. The number of hydrogen-bond acceptors (Lipinski definition) is 2. The molecule has 2 unspecified atom stereocenters. The minimum Gasteiger partial charge on any atom is -0.312 e. The molecular weight excluding hydrogens is 298 g/mol. The second kappa shape index (κ2) is 7.35. The van der Waals surface area contributed by atoms with Gasteiger partial charge in [0.15, 0.2) is 0 Å². The summed E-state index contributed by atoms with van der Waals surface area (Å²) in [6, 6.07) is 19.7. The van der Waals surface area contributed by atoms with E-state index in [1.807, 2.05) is 11.8 Å². The highest BCUT2D eigenvalue weighted by Gasteiger charge is 2.23. The van der Waals surface area contributed by atoms with Crippen molar-refractivity contribution in [3.8, 4) is 0 Å². The molecular formula is C18H20ClNS. The lowest BCUT2D eigenvalue weighted by atomic mass is 10.0. The van der Waals surface area contributed by atoms with Crippen LogP contribution in [0.3, 0.4) is 0 Å². The highest BCUT2D eigenvalue weighted by Crippen LogP contribution is 2.38. The summed E-state index contributed by atoms with van der Waals surface area (Å²) in [4.78, 5) is 1.44. The molecule has 21 heavy (non-hydrogen) atoms. The summed E-state index contributed by atoms with van der Waals surface area (Å²) >= 11 is 8.10. The van der Waals surface area contributed by atoms with Crippen molar-refractivity contribution in [3.05, 3.63) is 65.7 Å². The van der Waals surface area contributed by atoms with E-state index >= 15 is 0 Å². The Kier molecular flexibility index (Phi) is 5.23. The van der Waals surface area contributed by atoms with E-state index in [1.54, 1.807) is 0 Å². The Morgan fingerprint density at radius 1 is 1.10 bits per heavy atom. The maximum absolute atomic E-state index is 6.14. The van der Waals surface area contributed by atoms with E-state index < -0.39 is 0 Å². The Hall–Kier alpha value is -0.960. The monoisotopic (exact) mass is 317 g/mol. The van der Waals surface area contributed by atoms with Crippen molar-refractivity contribution in [2.45, 2.75) is 23.3 Å². The van der Waals surface area contributed by atoms with Crippen LogP contribution in [0.25, 0.3) is 0 Å². The summed E-state index contributed by atoms with van der Waals surface area (Å²) in [5.41, 5.74) is 2.83. The first-order valence-electron chi connectivity index (χ1n) is 7.42. The molecule has 2 atom stereocenters. The minimum absolute atomic E-state index is 0.340. The van der Waals surface area contributed by atoms with E-state index in [4.69, 9.17) is 11.6 Å². The van der Waals surface area contributed by atoms with Gasteiger partial charge in [-0.05, 0) is 23.6 Å². The summed E-state index contributed by atoms with van der Waals surface area (Å²) in [6.45, 7) is 1.01. The van der Waals surface area contributed by atoms with E-state index in [0.717, 1.165) is 13.0 Å². The van der Waals surface area contributed by atoms with Crippen LogP contribution in [0.4, 0.5) is 0 Å². The molecule has 0 amide bonds. The van der Waals surface area contributed by atoms with Crippen LogP contribution in [-0.2, 0) is 6.42 Å². The van der Waals surface area contributed by atoms with Crippen LogP contribution in [0.15, 0.2) is 59.5 Å². The molecule has 1 aliphatic rings. The lowest BCUT2D eigenvalue weighted by Crippen LogP contribution is -2.36. The van der Waals surface area contributed by atoms with Crippen LogP contribution in [0.5, 0.6) is 0 Å². The zero-order valence-corrected chi connectivity index (χ0v) is 13.5. The van der Waals surface area contributed by atoms with Crippen LogP contribution in [0.1, 0.15) is 17.0 Å². The molecule has 2 aromatic rings. The number of hydrogen-bond donors (Lipinski definition) is 1. The summed E-state index contributed by atoms with van der Waals surface area (Å²) < 4.78 is 0. The lowest BCUT2D eigenvalue weighted by molar-refractivity contribution is 0.523. The Labute approximate surface area is 136 Å². The third-order valence-corrected chi connectivity index (χ3v) is 5.59. The maximum Gasteiger partial charge on any atom is 0.0380 e. The molecule has 1 nitrogen and oxygen atoms in total. The van der Waals surface area contributed by atoms with Gasteiger partial charge in [-0.1, -0.05) is 48.5 Å². The van der Waals surface area contributed by atoms with Crippen LogP contribution in [-0.4, -0.2) is 24.2 Å². The molecule has 0 radical (unpaired) electrons. The van der Waals surface area contributed by atoms with Crippen molar-refractivity contribution >= 4 is 23.4 Å². The summed E-state index contributed by atoms with van der Waals surface area (Å²) in [5, 5.41) is 3.66. The summed E-state index contributed by atoms with van der Waals surface area (Å²) in [5.74, 6) is 2.43. The fraction of sp³-hybridized carbons (Fsp3) is 0.333.